The van der Waals surface area contributed by atoms with Crippen LogP contribution in [0.5, 0.6) is 0 Å². The quantitative estimate of drug-likeness (QED) is 0.680. The molecular formula is C16H23NO3. The molecular weight excluding hydrogens is 254 g/mol. The first kappa shape index (κ1) is 16.4. The summed E-state index contributed by atoms with van der Waals surface area (Å²) < 4.78 is 0. The fourth-order valence-electron chi connectivity index (χ4n) is 2.16. The highest BCUT2D eigenvalue weighted by Crippen LogP contribution is 2.08. The molecule has 0 heterocycles. The molecule has 0 fully saturated rings. The Morgan fingerprint density at radius 1 is 1.30 bits per heavy atom. The first-order valence-corrected chi connectivity index (χ1v) is 7.01. The van der Waals surface area contributed by atoms with Crippen molar-refractivity contribution in [3.63, 3.8) is 0 Å². The van der Waals surface area contributed by atoms with E-state index in [9.17, 15) is 14.7 Å². The van der Waals surface area contributed by atoms with Crippen molar-refractivity contribution >= 4 is 12.3 Å². The fraction of sp³-hybridized carbons (Fsp3) is 0.500. The molecule has 0 aromatic heterocycles. The average Bonchev–Trinajstić information content (AvgIpc) is 2.42. The normalized spacial score (nSPS) is 13.9. The van der Waals surface area contributed by atoms with Crippen LogP contribution in [-0.2, 0) is 16.0 Å². The van der Waals surface area contributed by atoms with Gasteiger partial charge >= 0.3 is 5.97 Å². The number of carboxylic acids is 1. The number of aliphatic carboxylic acids is 1. The third-order valence-corrected chi connectivity index (χ3v) is 3.17. The minimum atomic E-state index is -0.906. The summed E-state index contributed by atoms with van der Waals surface area (Å²) in [5.74, 6) is -0.558. The second-order valence-corrected chi connectivity index (χ2v) is 5.45. The first-order chi connectivity index (χ1) is 9.52. The molecule has 0 amide bonds. The van der Waals surface area contributed by atoms with E-state index >= 15 is 0 Å². The van der Waals surface area contributed by atoms with Gasteiger partial charge in [-0.25, -0.2) is 0 Å². The number of rotatable bonds is 9. The minimum Gasteiger partial charge on any atom is -0.480 e. The summed E-state index contributed by atoms with van der Waals surface area (Å²) in [6.07, 6.45) is 2.61. The lowest BCUT2D eigenvalue weighted by Gasteiger charge is -2.20. The highest BCUT2D eigenvalue weighted by molar-refractivity contribution is 5.74. The molecule has 1 aromatic rings. The third-order valence-electron chi connectivity index (χ3n) is 3.17. The lowest BCUT2D eigenvalue weighted by Crippen LogP contribution is -2.45. The predicted octanol–water partition coefficient (Wildman–Crippen LogP) is 2.28. The van der Waals surface area contributed by atoms with Gasteiger partial charge in [-0.1, -0.05) is 44.2 Å². The molecule has 0 spiro atoms. The summed E-state index contributed by atoms with van der Waals surface area (Å²) in [7, 11) is 0. The van der Waals surface area contributed by atoms with Crippen molar-refractivity contribution in [2.24, 2.45) is 5.92 Å². The van der Waals surface area contributed by atoms with Gasteiger partial charge in [-0.05, 0) is 30.7 Å². The van der Waals surface area contributed by atoms with E-state index in [0.717, 1.165) is 11.8 Å². The van der Waals surface area contributed by atoms with E-state index in [4.69, 9.17) is 0 Å². The maximum Gasteiger partial charge on any atom is 0.320 e. The largest absolute Gasteiger partial charge is 0.480 e. The van der Waals surface area contributed by atoms with Crippen LogP contribution in [0.1, 0.15) is 32.3 Å². The Morgan fingerprint density at radius 2 is 1.95 bits per heavy atom. The predicted molar refractivity (Wildman–Crippen MR) is 78.6 cm³/mol. The molecule has 0 aliphatic heterocycles. The Labute approximate surface area is 120 Å². The maximum atomic E-state index is 11.3. The zero-order valence-electron chi connectivity index (χ0n) is 12.1. The number of aryl methyl sites for hydroxylation is 1. The topological polar surface area (TPSA) is 66.4 Å². The van der Waals surface area contributed by atoms with E-state index in [1.54, 1.807) is 0 Å². The Hall–Kier alpha value is -1.68. The first-order valence-electron chi connectivity index (χ1n) is 7.01. The molecule has 0 aliphatic rings. The van der Waals surface area contributed by atoms with Crippen LogP contribution in [0.15, 0.2) is 30.3 Å². The van der Waals surface area contributed by atoms with E-state index in [2.05, 4.69) is 5.32 Å². The van der Waals surface area contributed by atoms with Crippen LogP contribution in [0.3, 0.4) is 0 Å². The van der Waals surface area contributed by atoms with Crippen LogP contribution in [0, 0.1) is 5.92 Å². The SMILES string of the molecule is CC(C)C[C@@H](C=O)N[C@@H](CCc1ccccc1)C(=O)O. The molecule has 1 rings (SSSR count). The lowest BCUT2D eigenvalue weighted by molar-refractivity contribution is -0.140. The lowest BCUT2D eigenvalue weighted by atomic mass is 10.0. The molecule has 2 atom stereocenters. The molecule has 0 bridgehead atoms. The Balaban J connectivity index is 2.55. The second kappa shape index (κ2) is 8.48. The number of hydrogen-bond acceptors (Lipinski definition) is 3. The Bertz CT molecular complexity index is 417. The maximum absolute atomic E-state index is 11.3. The summed E-state index contributed by atoms with van der Waals surface area (Å²) in [6, 6.07) is 8.67. The van der Waals surface area contributed by atoms with Gasteiger partial charge in [-0.3, -0.25) is 10.1 Å². The van der Waals surface area contributed by atoms with E-state index in [0.29, 0.717) is 25.2 Å². The number of carboxylic acid groups (broad SMARTS) is 1. The molecule has 2 N–H and O–H groups in total. The van der Waals surface area contributed by atoms with Crippen LogP contribution in [-0.4, -0.2) is 29.4 Å². The van der Waals surface area contributed by atoms with Gasteiger partial charge < -0.3 is 9.90 Å². The van der Waals surface area contributed by atoms with Crippen molar-refractivity contribution in [2.75, 3.05) is 0 Å². The average molecular weight is 277 g/mol. The monoisotopic (exact) mass is 277 g/mol. The third kappa shape index (κ3) is 5.97. The van der Waals surface area contributed by atoms with Crippen LogP contribution in [0.25, 0.3) is 0 Å². The van der Waals surface area contributed by atoms with Crippen LogP contribution in [0.4, 0.5) is 0 Å². The van der Waals surface area contributed by atoms with Crippen LogP contribution in [0.2, 0.25) is 0 Å². The van der Waals surface area contributed by atoms with Crippen molar-refractivity contribution in [2.45, 2.75) is 45.2 Å². The summed E-state index contributed by atoms with van der Waals surface area (Å²) >= 11 is 0. The van der Waals surface area contributed by atoms with Crippen molar-refractivity contribution in [1.82, 2.24) is 5.32 Å². The molecule has 20 heavy (non-hydrogen) atoms. The van der Waals surface area contributed by atoms with Gasteiger partial charge in [-0.2, -0.15) is 0 Å². The van der Waals surface area contributed by atoms with Crippen molar-refractivity contribution in [3.05, 3.63) is 35.9 Å². The standard InChI is InChI=1S/C16H23NO3/c1-12(2)10-14(11-18)17-15(16(19)20)9-8-13-6-4-3-5-7-13/h3-7,11-12,14-15,17H,8-10H2,1-2H3,(H,19,20)/t14-,15-/m0/s1. The minimum absolute atomic E-state index is 0.348. The van der Waals surface area contributed by atoms with Crippen molar-refractivity contribution < 1.29 is 14.7 Å². The summed E-state index contributed by atoms with van der Waals surface area (Å²) in [5.41, 5.74) is 1.10. The molecule has 0 aliphatic carbocycles. The highest BCUT2D eigenvalue weighted by Gasteiger charge is 2.21. The molecule has 0 unspecified atom stereocenters. The van der Waals surface area contributed by atoms with Crippen LogP contribution >= 0.6 is 0 Å². The molecule has 4 nitrogen and oxygen atoms in total. The summed E-state index contributed by atoms with van der Waals surface area (Å²) in [6.45, 7) is 4.02. The van der Waals surface area contributed by atoms with E-state index in [1.165, 1.54) is 0 Å². The molecule has 1 aromatic carbocycles. The highest BCUT2D eigenvalue weighted by atomic mass is 16.4. The van der Waals surface area contributed by atoms with Crippen LogP contribution < -0.4 is 5.32 Å². The number of aldehydes is 1. The van der Waals surface area contributed by atoms with Crippen molar-refractivity contribution in [3.8, 4) is 0 Å². The molecule has 0 radical (unpaired) electrons. The number of nitrogens with one attached hydrogen (secondary N) is 1. The van der Waals surface area contributed by atoms with E-state index in [1.807, 2.05) is 44.2 Å². The number of carbonyl (C=O) groups is 2. The van der Waals surface area contributed by atoms with E-state index < -0.39 is 18.1 Å². The summed E-state index contributed by atoms with van der Waals surface area (Å²) in [4.78, 5) is 22.3. The van der Waals surface area contributed by atoms with Gasteiger partial charge in [0, 0.05) is 0 Å². The fourth-order valence-corrected chi connectivity index (χ4v) is 2.16. The van der Waals surface area contributed by atoms with Gasteiger partial charge in [0.15, 0.2) is 0 Å². The van der Waals surface area contributed by atoms with Gasteiger partial charge in [0.05, 0.1) is 6.04 Å². The van der Waals surface area contributed by atoms with Gasteiger partial charge in [0.2, 0.25) is 0 Å². The van der Waals surface area contributed by atoms with E-state index in [-0.39, 0.29) is 0 Å². The molecule has 0 saturated heterocycles. The zero-order valence-corrected chi connectivity index (χ0v) is 12.1. The smallest absolute Gasteiger partial charge is 0.320 e. The zero-order chi connectivity index (χ0) is 15.0. The Kier molecular flexibility index (Phi) is 6.94. The Morgan fingerprint density at radius 3 is 2.45 bits per heavy atom. The number of hydrogen-bond donors (Lipinski definition) is 2. The molecule has 110 valence electrons. The summed E-state index contributed by atoms with van der Waals surface area (Å²) in [5, 5.41) is 12.2. The van der Waals surface area contributed by atoms with Gasteiger partial charge in [-0.15, -0.1) is 0 Å². The van der Waals surface area contributed by atoms with Gasteiger partial charge in [0.1, 0.15) is 12.3 Å². The number of carbonyl (C=O) groups excluding carboxylic acids is 1. The van der Waals surface area contributed by atoms with Gasteiger partial charge in [0.25, 0.3) is 0 Å². The number of benzene rings is 1. The molecule has 0 saturated carbocycles. The second-order valence-electron chi connectivity index (χ2n) is 5.45. The molecule has 4 heteroatoms. The van der Waals surface area contributed by atoms with Crippen molar-refractivity contribution in [1.29, 1.82) is 0 Å².